The third-order valence-electron chi connectivity index (χ3n) is 4.91. The molecular weight excluding hydrogens is 284 g/mol. The maximum Gasteiger partial charge on any atom is 0.251 e. The number of para-hydroxylation sites is 1. The van der Waals surface area contributed by atoms with Gasteiger partial charge in [0.05, 0.1) is 0 Å². The number of hydrogen-bond acceptors (Lipinski definition) is 1. The Balaban J connectivity index is 1.52. The summed E-state index contributed by atoms with van der Waals surface area (Å²) in [7, 11) is 0. The first kappa shape index (κ1) is 14.1. The fourth-order valence-electron chi connectivity index (χ4n) is 3.48. The van der Waals surface area contributed by atoms with Crippen LogP contribution in [0.3, 0.4) is 0 Å². The van der Waals surface area contributed by atoms with Gasteiger partial charge in [-0.15, -0.1) is 0 Å². The zero-order valence-electron chi connectivity index (χ0n) is 13.4. The number of rotatable bonds is 2. The van der Waals surface area contributed by atoms with Crippen molar-refractivity contribution in [2.45, 2.75) is 32.7 Å². The van der Waals surface area contributed by atoms with Gasteiger partial charge in [0, 0.05) is 34.6 Å². The summed E-state index contributed by atoms with van der Waals surface area (Å²) in [6.45, 7) is 4.10. The maximum absolute atomic E-state index is 12.5. The van der Waals surface area contributed by atoms with Gasteiger partial charge in [0.2, 0.25) is 0 Å². The Labute approximate surface area is 135 Å². The zero-order chi connectivity index (χ0) is 16.0. The smallest absolute Gasteiger partial charge is 0.251 e. The molecule has 0 aliphatic heterocycles. The van der Waals surface area contributed by atoms with Crippen molar-refractivity contribution in [3.63, 3.8) is 0 Å². The van der Waals surface area contributed by atoms with Gasteiger partial charge < -0.3 is 10.3 Å². The standard InChI is InChI=1S/C20H20N2O/c1-12-7-8-14(9-13(12)2)20(23)21-15-10-17-16-5-3-4-6-18(16)22-19(17)11-15/h3-9,15,22H,10-11H2,1-2H3,(H,21,23). The summed E-state index contributed by atoms with van der Waals surface area (Å²) in [5.41, 5.74) is 6.91. The number of aryl methyl sites for hydroxylation is 2. The van der Waals surface area contributed by atoms with Crippen molar-refractivity contribution >= 4 is 16.8 Å². The summed E-state index contributed by atoms with van der Waals surface area (Å²) in [5.74, 6) is 0.0209. The number of hydrogen-bond donors (Lipinski definition) is 2. The second kappa shape index (κ2) is 5.27. The molecule has 3 nitrogen and oxygen atoms in total. The van der Waals surface area contributed by atoms with E-state index in [1.807, 2.05) is 31.2 Å². The van der Waals surface area contributed by atoms with E-state index in [1.165, 1.54) is 27.7 Å². The van der Waals surface area contributed by atoms with Gasteiger partial charge in [0.25, 0.3) is 5.91 Å². The van der Waals surface area contributed by atoms with Crippen molar-refractivity contribution < 1.29 is 4.79 Å². The molecule has 3 aromatic rings. The van der Waals surface area contributed by atoms with Crippen molar-refractivity contribution in [1.29, 1.82) is 0 Å². The van der Waals surface area contributed by atoms with Crippen LogP contribution in [0.4, 0.5) is 0 Å². The average molecular weight is 304 g/mol. The molecule has 2 aromatic carbocycles. The number of carbonyl (C=O) groups is 1. The molecule has 1 aromatic heterocycles. The molecule has 3 heteroatoms. The minimum Gasteiger partial charge on any atom is -0.358 e. The van der Waals surface area contributed by atoms with Crippen molar-refractivity contribution in [2.75, 3.05) is 0 Å². The van der Waals surface area contributed by atoms with Gasteiger partial charge >= 0.3 is 0 Å². The van der Waals surface area contributed by atoms with Crippen LogP contribution >= 0.6 is 0 Å². The van der Waals surface area contributed by atoms with E-state index in [-0.39, 0.29) is 11.9 Å². The molecule has 1 heterocycles. The number of aromatic nitrogens is 1. The van der Waals surface area contributed by atoms with E-state index in [2.05, 4.69) is 35.4 Å². The first-order valence-corrected chi connectivity index (χ1v) is 8.08. The summed E-state index contributed by atoms with van der Waals surface area (Å²) >= 11 is 0. The second-order valence-electron chi connectivity index (χ2n) is 6.51. The first-order chi connectivity index (χ1) is 11.1. The number of amides is 1. The van der Waals surface area contributed by atoms with Crippen LogP contribution in [-0.2, 0) is 12.8 Å². The van der Waals surface area contributed by atoms with Crippen LogP contribution in [0, 0.1) is 13.8 Å². The third-order valence-corrected chi connectivity index (χ3v) is 4.91. The van der Waals surface area contributed by atoms with Crippen LogP contribution in [0.15, 0.2) is 42.5 Å². The molecule has 23 heavy (non-hydrogen) atoms. The molecule has 1 aliphatic carbocycles. The summed E-state index contributed by atoms with van der Waals surface area (Å²) in [5, 5.41) is 4.46. The first-order valence-electron chi connectivity index (χ1n) is 8.08. The number of benzene rings is 2. The molecule has 2 N–H and O–H groups in total. The Hall–Kier alpha value is -2.55. The van der Waals surface area contributed by atoms with Gasteiger partial charge in [-0.1, -0.05) is 24.3 Å². The molecule has 1 amide bonds. The van der Waals surface area contributed by atoms with E-state index in [9.17, 15) is 4.79 Å². The van der Waals surface area contributed by atoms with Crippen molar-refractivity contribution in [2.24, 2.45) is 0 Å². The lowest BCUT2D eigenvalue weighted by Crippen LogP contribution is -2.35. The summed E-state index contributed by atoms with van der Waals surface area (Å²) < 4.78 is 0. The molecule has 0 spiro atoms. The maximum atomic E-state index is 12.5. The van der Waals surface area contributed by atoms with Gasteiger partial charge in [0.15, 0.2) is 0 Å². The lowest BCUT2D eigenvalue weighted by atomic mass is 10.1. The van der Waals surface area contributed by atoms with Crippen molar-refractivity contribution in [1.82, 2.24) is 10.3 Å². The molecule has 0 radical (unpaired) electrons. The van der Waals surface area contributed by atoms with Gasteiger partial charge in [0.1, 0.15) is 0 Å². The van der Waals surface area contributed by atoms with Gasteiger partial charge in [-0.05, 0) is 55.2 Å². The van der Waals surface area contributed by atoms with Crippen LogP contribution in [0.25, 0.3) is 10.9 Å². The van der Waals surface area contributed by atoms with E-state index < -0.39 is 0 Å². The fraction of sp³-hybridized carbons (Fsp3) is 0.250. The van der Waals surface area contributed by atoms with Crippen LogP contribution < -0.4 is 5.32 Å². The lowest BCUT2D eigenvalue weighted by molar-refractivity contribution is 0.0938. The minimum absolute atomic E-state index is 0.0209. The summed E-state index contributed by atoms with van der Waals surface area (Å²) in [6, 6.07) is 14.4. The van der Waals surface area contributed by atoms with Crippen LogP contribution in [-0.4, -0.2) is 16.9 Å². The lowest BCUT2D eigenvalue weighted by Gasteiger charge is -2.13. The number of H-pyrrole nitrogens is 1. The Bertz CT molecular complexity index is 907. The van der Waals surface area contributed by atoms with E-state index in [1.54, 1.807) is 0 Å². The van der Waals surface area contributed by atoms with Gasteiger partial charge in [-0.2, -0.15) is 0 Å². The molecular formula is C20H20N2O. The van der Waals surface area contributed by atoms with Crippen LogP contribution in [0.2, 0.25) is 0 Å². The molecule has 0 fully saturated rings. The highest BCUT2D eigenvalue weighted by molar-refractivity contribution is 5.95. The predicted octanol–water partition coefficient (Wildman–Crippen LogP) is 3.68. The van der Waals surface area contributed by atoms with Crippen molar-refractivity contribution in [3.8, 4) is 0 Å². The highest BCUT2D eigenvalue weighted by Crippen LogP contribution is 2.30. The number of fused-ring (bicyclic) bond motifs is 3. The number of nitrogens with one attached hydrogen (secondary N) is 2. The monoisotopic (exact) mass is 304 g/mol. The molecule has 4 rings (SSSR count). The van der Waals surface area contributed by atoms with E-state index in [4.69, 9.17) is 0 Å². The zero-order valence-corrected chi connectivity index (χ0v) is 13.4. The molecule has 1 aliphatic rings. The SMILES string of the molecule is Cc1ccc(C(=O)NC2Cc3[nH]c4ccccc4c3C2)cc1C. The minimum atomic E-state index is 0.0209. The highest BCUT2D eigenvalue weighted by Gasteiger charge is 2.26. The molecule has 0 saturated heterocycles. The van der Waals surface area contributed by atoms with Gasteiger partial charge in [-0.25, -0.2) is 0 Å². The second-order valence-corrected chi connectivity index (χ2v) is 6.51. The van der Waals surface area contributed by atoms with E-state index in [0.717, 1.165) is 24.0 Å². The van der Waals surface area contributed by atoms with Crippen LogP contribution in [0.1, 0.15) is 32.7 Å². The summed E-state index contributed by atoms with van der Waals surface area (Å²) in [4.78, 5) is 16.0. The molecule has 0 bridgehead atoms. The Kier molecular flexibility index (Phi) is 3.22. The fourth-order valence-corrected chi connectivity index (χ4v) is 3.48. The molecule has 1 unspecified atom stereocenters. The average Bonchev–Trinajstić information content (AvgIpc) is 3.07. The highest BCUT2D eigenvalue weighted by atomic mass is 16.1. The Morgan fingerprint density at radius 3 is 2.74 bits per heavy atom. The topological polar surface area (TPSA) is 44.9 Å². The summed E-state index contributed by atoms with van der Waals surface area (Å²) in [6.07, 6.45) is 1.77. The van der Waals surface area contributed by atoms with Crippen molar-refractivity contribution in [3.05, 3.63) is 70.4 Å². The number of aromatic amines is 1. The normalized spacial score (nSPS) is 16.5. The molecule has 1 atom stereocenters. The molecule has 116 valence electrons. The molecule has 0 saturated carbocycles. The predicted molar refractivity (Wildman–Crippen MR) is 92.9 cm³/mol. The third kappa shape index (κ3) is 2.42. The Morgan fingerprint density at radius 2 is 1.91 bits per heavy atom. The largest absolute Gasteiger partial charge is 0.358 e. The van der Waals surface area contributed by atoms with E-state index in [0.29, 0.717) is 0 Å². The van der Waals surface area contributed by atoms with Crippen LogP contribution in [0.5, 0.6) is 0 Å². The Morgan fingerprint density at radius 1 is 1.09 bits per heavy atom. The van der Waals surface area contributed by atoms with E-state index >= 15 is 0 Å². The quantitative estimate of drug-likeness (QED) is 0.745. The van der Waals surface area contributed by atoms with Gasteiger partial charge in [-0.3, -0.25) is 4.79 Å². The number of carbonyl (C=O) groups excluding carboxylic acids is 1.